The molecule has 2 saturated heterocycles. The number of hydrogen-bond acceptors (Lipinski definition) is 4. The maximum atomic E-state index is 13.2. The summed E-state index contributed by atoms with van der Waals surface area (Å²) in [7, 11) is 0. The predicted octanol–water partition coefficient (Wildman–Crippen LogP) is 3.78. The van der Waals surface area contributed by atoms with Gasteiger partial charge >= 0.3 is 6.03 Å². The fourth-order valence-electron chi connectivity index (χ4n) is 4.26. The number of nitrogen functional groups attached to an aromatic ring is 1. The number of urea groups is 1. The molecule has 2 amide bonds. The standard InChI is InChI=1S/C20H18Cl2N4O2/c21-14-8-15(22)17(24)16(9-14)26-18(27)20(6-1-7-25(20)19(26)28)10-12-2-4-13(11-23)5-3-12/h2-5,8-9,18,27H,1,6-7,10,24H2. The van der Waals surface area contributed by atoms with Crippen molar-refractivity contribution in [3.63, 3.8) is 0 Å². The summed E-state index contributed by atoms with van der Waals surface area (Å²) in [6.45, 7) is 0.552. The molecule has 28 heavy (non-hydrogen) atoms. The van der Waals surface area contributed by atoms with E-state index >= 15 is 0 Å². The minimum atomic E-state index is -1.10. The number of benzene rings is 2. The van der Waals surface area contributed by atoms with Crippen molar-refractivity contribution in [3.8, 4) is 6.07 Å². The molecule has 2 aliphatic heterocycles. The van der Waals surface area contributed by atoms with Gasteiger partial charge in [-0.05, 0) is 42.7 Å². The third kappa shape index (κ3) is 2.78. The molecule has 6 nitrogen and oxygen atoms in total. The first-order chi connectivity index (χ1) is 13.4. The number of fused-ring (bicyclic) bond motifs is 1. The molecule has 2 atom stereocenters. The maximum Gasteiger partial charge on any atom is 0.327 e. The van der Waals surface area contributed by atoms with Crippen molar-refractivity contribution in [1.29, 1.82) is 5.26 Å². The maximum absolute atomic E-state index is 13.2. The van der Waals surface area contributed by atoms with E-state index in [0.29, 0.717) is 35.7 Å². The third-order valence-electron chi connectivity index (χ3n) is 5.62. The van der Waals surface area contributed by atoms with Crippen LogP contribution in [0.4, 0.5) is 16.2 Å². The van der Waals surface area contributed by atoms with Crippen molar-refractivity contribution >= 4 is 40.6 Å². The lowest BCUT2D eigenvalue weighted by Gasteiger charge is -2.34. The molecule has 2 unspecified atom stereocenters. The molecule has 0 saturated carbocycles. The highest BCUT2D eigenvalue weighted by molar-refractivity contribution is 6.37. The van der Waals surface area contributed by atoms with Crippen LogP contribution in [0, 0.1) is 11.3 Å². The molecular weight excluding hydrogens is 399 g/mol. The fourth-order valence-corrected chi connectivity index (χ4v) is 4.74. The fraction of sp³-hybridized carbons (Fsp3) is 0.300. The first-order valence-corrected chi connectivity index (χ1v) is 9.65. The Morgan fingerprint density at radius 3 is 2.68 bits per heavy atom. The van der Waals surface area contributed by atoms with Crippen LogP contribution in [0.2, 0.25) is 10.0 Å². The van der Waals surface area contributed by atoms with Crippen LogP contribution in [0.15, 0.2) is 36.4 Å². The number of nitriles is 1. The minimum absolute atomic E-state index is 0.202. The molecule has 8 heteroatoms. The lowest BCUT2D eigenvalue weighted by molar-refractivity contribution is 0.0577. The van der Waals surface area contributed by atoms with Crippen LogP contribution in [-0.2, 0) is 6.42 Å². The van der Waals surface area contributed by atoms with Crippen LogP contribution >= 0.6 is 23.2 Å². The van der Waals surface area contributed by atoms with Crippen molar-refractivity contribution in [2.45, 2.75) is 31.0 Å². The molecule has 2 aromatic rings. The van der Waals surface area contributed by atoms with E-state index in [-0.39, 0.29) is 16.7 Å². The minimum Gasteiger partial charge on any atom is -0.396 e. The molecule has 0 aromatic heterocycles. The monoisotopic (exact) mass is 416 g/mol. The van der Waals surface area contributed by atoms with Gasteiger partial charge in [0.05, 0.1) is 33.6 Å². The molecule has 2 aliphatic rings. The number of nitrogens with zero attached hydrogens (tertiary/aromatic N) is 3. The Bertz CT molecular complexity index is 989. The summed E-state index contributed by atoms with van der Waals surface area (Å²) in [6.07, 6.45) is 0.828. The highest BCUT2D eigenvalue weighted by atomic mass is 35.5. The highest BCUT2D eigenvalue weighted by Crippen LogP contribution is 2.47. The van der Waals surface area contributed by atoms with Crippen LogP contribution in [0.25, 0.3) is 0 Å². The number of rotatable bonds is 3. The SMILES string of the molecule is N#Cc1ccc(CC23CCCN2C(=O)N(c2cc(Cl)cc(Cl)c2N)C3O)cc1. The van der Waals surface area contributed by atoms with Gasteiger partial charge in [0.25, 0.3) is 0 Å². The molecule has 0 spiro atoms. The smallest absolute Gasteiger partial charge is 0.327 e. The molecule has 0 aliphatic carbocycles. The Hall–Kier alpha value is -2.46. The van der Waals surface area contributed by atoms with Crippen molar-refractivity contribution in [1.82, 2.24) is 4.90 Å². The van der Waals surface area contributed by atoms with Crippen molar-refractivity contribution < 1.29 is 9.90 Å². The summed E-state index contributed by atoms with van der Waals surface area (Å²) in [5.74, 6) is 0. The van der Waals surface area contributed by atoms with Gasteiger partial charge in [-0.3, -0.25) is 4.90 Å². The number of amides is 2. The van der Waals surface area contributed by atoms with Gasteiger partial charge in [0.1, 0.15) is 0 Å². The van der Waals surface area contributed by atoms with Crippen LogP contribution in [-0.4, -0.2) is 34.3 Å². The highest BCUT2D eigenvalue weighted by Gasteiger charge is 2.59. The van der Waals surface area contributed by atoms with Crippen LogP contribution in [0.5, 0.6) is 0 Å². The number of hydrogen-bond donors (Lipinski definition) is 2. The van der Waals surface area contributed by atoms with Crippen LogP contribution < -0.4 is 10.6 Å². The van der Waals surface area contributed by atoms with E-state index in [2.05, 4.69) is 6.07 Å². The normalized spacial score (nSPS) is 23.8. The molecule has 2 heterocycles. The van der Waals surface area contributed by atoms with Gasteiger partial charge in [0.15, 0.2) is 6.23 Å². The van der Waals surface area contributed by atoms with E-state index < -0.39 is 11.8 Å². The van der Waals surface area contributed by atoms with Gasteiger partial charge in [-0.25, -0.2) is 4.79 Å². The van der Waals surface area contributed by atoms with E-state index in [9.17, 15) is 9.90 Å². The van der Waals surface area contributed by atoms with E-state index in [1.165, 1.54) is 11.0 Å². The molecule has 2 aromatic carbocycles. The number of halogens is 2. The van der Waals surface area contributed by atoms with Crippen LogP contribution in [0.1, 0.15) is 24.0 Å². The van der Waals surface area contributed by atoms with Crippen LogP contribution in [0.3, 0.4) is 0 Å². The Morgan fingerprint density at radius 2 is 2.00 bits per heavy atom. The quantitative estimate of drug-likeness (QED) is 0.744. The second-order valence-electron chi connectivity index (χ2n) is 7.19. The Labute approximate surface area is 172 Å². The molecule has 2 fully saturated rings. The number of carbonyl (C=O) groups is 1. The lowest BCUT2D eigenvalue weighted by atomic mass is 9.87. The summed E-state index contributed by atoms with van der Waals surface area (Å²) >= 11 is 12.2. The molecule has 144 valence electrons. The Morgan fingerprint density at radius 1 is 1.29 bits per heavy atom. The number of nitrogens with two attached hydrogens (primary N) is 1. The third-order valence-corrected chi connectivity index (χ3v) is 6.15. The summed E-state index contributed by atoms with van der Waals surface area (Å²) in [6, 6.07) is 12.0. The molecule has 0 bridgehead atoms. The van der Waals surface area contributed by atoms with Gasteiger partial charge in [0, 0.05) is 18.0 Å². The Kier molecular flexibility index (Phi) is 4.62. The van der Waals surface area contributed by atoms with Gasteiger partial charge in [-0.1, -0.05) is 35.3 Å². The van der Waals surface area contributed by atoms with Crippen molar-refractivity contribution in [2.24, 2.45) is 0 Å². The number of aliphatic hydroxyl groups is 1. The summed E-state index contributed by atoms with van der Waals surface area (Å²) < 4.78 is 0. The zero-order valence-electron chi connectivity index (χ0n) is 14.9. The van der Waals surface area contributed by atoms with E-state index in [0.717, 1.165) is 12.0 Å². The number of anilines is 2. The summed E-state index contributed by atoms with van der Waals surface area (Å²) in [5, 5.41) is 20.8. The van der Waals surface area contributed by atoms with E-state index in [4.69, 9.17) is 34.2 Å². The second-order valence-corrected chi connectivity index (χ2v) is 8.03. The number of aliphatic hydroxyl groups excluding tert-OH is 1. The molecular formula is C20H18Cl2N4O2. The van der Waals surface area contributed by atoms with E-state index in [1.54, 1.807) is 23.1 Å². The molecule has 3 N–H and O–H groups in total. The van der Waals surface area contributed by atoms with Gasteiger partial charge in [0.2, 0.25) is 0 Å². The lowest BCUT2D eigenvalue weighted by Crippen LogP contribution is -2.50. The average molecular weight is 417 g/mol. The van der Waals surface area contributed by atoms with Crippen molar-refractivity contribution in [3.05, 3.63) is 57.6 Å². The average Bonchev–Trinajstić information content (AvgIpc) is 3.17. The van der Waals surface area contributed by atoms with E-state index in [1.807, 2.05) is 12.1 Å². The van der Waals surface area contributed by atoms with Gasteiger partial charge < -0.3 is 15.7 Å². The first kappa shape index (κ1) is 18.9. The first-order valence-electron chi connectivity index (χ1n) is 8.90. The molecule has 4 rings (SSSR count). The second kappa shape index (κ2) is 6.85. The number of carbonyl (C=O) groups excluding carboxylic acids is 1. The summed E-state index contributed by atoms with van der Waals surface area (Å²) in [4.78, 5) is 16.2. The topological polar surface area (TPSA) is 93.6 Å². The zero-order valence-corrected chi connectivity index (χ0v) is 16.4. The summed E-state index contributed by atoms with van der Waals surface area (Å²) in [5.41, 5.74) is 7.34. The van der Waals surface area contributed by atoms with Gasteiger partial charge in [-0.2, -0.15) is 5.26 Å². The zero-order chi connectivity index (χ0) is 20.1. The Balaban J connectivity index is 1.74. The largest absolute Gasteiger partial charge is 0.396 e. The molecule has 0 radical (unpaired) electrons. The van der Waals surface area contributed by atoms with Gasteiger partial charge in [-0.15, -0.1) is 0 Å². The van der Waals surface area contributed by atoms with Crippen molar-refractivity contribution in [2.75, 3.05) is 17.2 Å². The predicted molar refractivity (Wildman–Crippen MR) is 108 cm³/mol.